The minimum absolute atomic E-state index is 0.522. The molecule has 5 aromatic heterocycles. The normalized spacial score (nSPS) is 11.2. The lowest BCUT2D eigenvalue weighted by molar-refractivity contribution is 0.483. The van der Waals surface area contributed by atoms with Crippen molar-refractivity contribution in [1.29, 1.82) is 5.26 Å². The second-order valence-electron chi connectivity index (χ2n) is 14.6. The maximum absolute atomic E-state index is 9.58. The molecule has 0 aliphatic rings. The van der Waals surface area contributed by atoms with Gasteiger partial charge in [-0.25, -0.2) is 14.8 Å². The fraction of sp³-hybridized carbons (Fsp3) is 0. The summed E-state index contributed by atoms with van der Waals surface area (Å²) in [5.74, 6) is 3.95. The molecule has 0 aliphatic heterocycles. The predicted molar refractivity (Wildman–Crippen MR) is 241 cm³/mol. The van der Waals surface area contributed by atoms with Crippen molar-refractivity contribution >= 4 is 49.3 Å². The molecule has 10 heteroatoms. The van der Waals surface area contributed by atoms with Gasteiger partial charge in [-0.05, 0) is 84.9 Å². The van der Waals surface area contributed by atoms with Gasteiger partial charge in [-0.1, -0.05) is 60.7 Å². The highest BCUT2D eigenvalue weighted by Crippen LogP contribution is 2.38. The Hall–Kier alpha value is -9.12. The van der Waals surface area contributed by atoms with Crippen LogP contribution in [0.4, 0.5) is 5.69 Å². The molecule has 0 saturated heterocycles. The van der Waals surface area contributed by atoms with Crippen molar-refractivity contribution in [1.82, 2.24) is 29.1 Å². The highest BCUT2D eigenvalue weighted by atomic mass is 16.5. The molecule has 290 valence electrons. The number of ether oxygens (including phenoxy) is 2. The first kappa shape index (κ1) is 36.0. The van der Waals surface area contributed by atoms with E-state index >= 15 is 0 Å². The average Bonchev–Trinajstić information content (AvgIpc) is 3.84. The van der Waals surface area contributed by atoms with Crippen LogP contribution >= 0.6 is 0 Å². The summed E-state index contributed by atoms with van der Waals surface area (Å²) >= 11 is 0. The lowest BCUT2D eigenvalue weighted by atomic mass is 10.1. The Kier molecular flexibility index (Phi) is 8.66. The highest BCUT2D eigenvalue weighted by molar-refractivity contribution is 6.10. The fourth-order valence-electron chi connectivity index (χ4n) is 8.07. The molecule has 0 unspecified atom stereocenters. The lowest BCUT2D eigenvalue weighted by Crippen LogP contribution is -1.97. The Balaban J connectivity index is 0.852. The van der Waals surface area contributed by atoms with Crippen molar-refractivity contribution in [3.63, 3.8) is 0 Å². The van der Waals surface area contributed by atoms with Crippen LogP contribution in [0.2, 0.25) is 0 Å². The van der Waals surface area contributed by atoms with Gasteiger partial charge < -0.3 is 9.47 Å². The second-order valence-corrected chi connectivity index (χ2v) is 14.6. The molecule has 6 aromatic carbocycles. The summed E-state index contributed by atoms with van der Waals surface area (Å²) in [6, 6.07) is 53.2. The summed E-state index contributed by atoms with van der Waals surface area (Å²) in [7, 11) is 0. The van der Waals surface area contributed by atoms with E-state index in [9.17, 15) is 5.26 Å². The molecule has 0 N–H and O–H groups in total. The number of aromatic nitrogens is 6. The molecule has 0 fully saturated rings. The van der Waals surface area contributed by atoms with Crippen LogP contribution in [0.5, 0.6) is 23.0 Å². The molecule has 11 aromatic rings. The van der Waals surface area contributed by atoms with Crippen LogP contribution in [0.25, 0.3) is 82.6 Å². The Morgan fingerprint density at radius 3 is 1.50 bits per heavy atom. The summed E-state index contributed by atoms with van der Waals surface area (Å²) in [4.78, 5) is 22.4. The molecule has 0 amide bonds. The molecule has 5 heterocycles. The third-order valence-corrected chi connectivity index (χ3v) is 10.9. The highest BCUT2D eigenvalue weighted by Gasteiger charge is 2.17. The summed E-state index contributed by atoms with van der Waals surface area (Å²) < 4.78 is 17.0. The van der Waals surface area contributed by atoms with E-state index in [2.05, 4.69) is 66.4 Å². The number of para-hydroxylation sites is 2. The number of hydrogen-bond donors (Lipinski definition) is 0. The SMILES string of the molecule is [C-]#[N+]c1ccnc(-n2c3ccccc3c3ccc(Oc4cccc(-c5cnc(-c6cccc(Oc7ccc8c9ccccc9n(-c9cc(C#N)ccn9)c8c7)c6)cn5)c4)cc32)c1. The van der Waals surface area contributed by atoms with Gasteiger partial charge in [-0.15, -0.1) is 0 Å². The third kappa shape index (κ3) is 6.38. The summed E-state index contributed by atoms with van der Waals surface area (Å²) in [6.07, 6.45) is 6.85. The zero-order valence-corrected chi connectivity index (χ0v) is 32.7. The van der Waals surface area contributed by atoms with Crippen LogP contribution in [0, 0.1) is 17.9 Å². The van der Waals surface area contributed by atoms with Gasteiger partial charge >= 0.3 is 0 Å². The molecule has 11 rings (SSSR count). The molecular formula is C52H30N8O2. The molecular weight excluding hydrogens is 769 g/mol. The Bertz CT molecular complexity index is 3390. The largest absolute Gasteiger partial charge is 0.457 e. The first-order valence-electron chi connectivity index (χ1n) is 19.8. The minimum atomic E-state index is 0.522. The van der Waals surface area contributed by atoms with E-state index in [0.717, 1.165) is 54.7 Å². The number of fused-ring (bicyclic) bond motifs is 6. The first-order chi connectivity index (χ1) is 30.6. The maximum atomic E-state index is 9.58. The third-order valence-electron chi connectivity index (χ3n) is 10.9. The number of pyridine rings is 2. The van der Waals surface area contributed by atoms with E-state index in [0.29, 0.717) is 57.3 Å². The summed E-state index contributed by atoms with van der Waals surface area (Å²) in [5.41, 5.74) is 8.00. The number of nitrogens with zero attached hydrogens (tertiary/aromatic N) is 8. The van der Waals surface area contributed by atoms with Gasteiger partial charge in [-0.3, -0.25) is 19.1 Å². The number of benzene rings is 6. The molecule has 0 spiro atoms. The van der Waals surface area contributed by atoms with E-state index in [1.165, 1.54) is 0 Å². The maximum Gasteiger partial charge on any atom is 0.192 e. The zero-order chi connectivity index (χ0) is 41.6. The fourth-order valence-corrected chi connectivity index (χ4v) is 8.07. The zero-order valence-electron chi connectivity index (χ0n) is 32.7. The Morgan fingerprint density at radius 2 is 0.968 bits per heavy atom. The van der Waals surface area contributed by atoms with Gasteiger partial charge in [0.2, 0.25) is 0 Å². The molecule has 0 saturated carbocycles. The van der Waals surface area contributed by atoms with Gasteiger partial charge in [0, 0.05) is 57.2 Å². The van der Waals surface area contributed by atoms with Crippen LogP contribution < -0.4 is 9.47 Å². The summed E-state index contributed by atoms with van der Waals surface area (Å²) in [6.45, 7) is 7.53. The van der Waals surface area contributed by atoms with Crippen molar-refractivity contribution in [3.05, 3.63) is 199 Å². The van der Waals surface area contributed by atoms with E-state index < -0.39 is 0 Å². The number of hydrogen-bond acceptors (Lipinski definition) is 7. The van der Waals surface area contributed by atoms with Crippen molar-refractivity contribution in [3.8, 4) is 63.2 Å². The summed E-state index contributed by atoms with van der Waals surface area (Å²) in [5, 5.41) is 13.9. The molecule has 10 nitrogen and oxygen atoms in total. The predicted octanol–water partition coefficient (Wildman–Crippen LogP) is 12.8. The number of rotatable bonds is 8. The van der Waals surface area contributed by atoms with Crippen LogP contribution in [0.3, 0.4) is 0 Å². The average molecular weight is 799 g/mol. The quantitative estimate of drug-likeness (QED) is 0.141. The standard InChI is InChI=1S/C52H30N8O2/c1-54-36-21-23-56-52(27-36)60-48-15-5-3-13-42(48)44-19-17-40(29-50(44)60)62-38-11-7-9-35(26-38)46-32-57-45(31-58-46)34-8-6-10-37(25-34)61-39-16-18-43-41-12-2-4-14-47(41)59(49(43)28-39)51-24-33(30-53)20-22-55-51/h2-29,31-32H. The molecule has 0 aliphatic carbocycles. The van der Waals surface area contributed by atoms with Gasteiger partial charge in [0.15, 0.2) is 5.69 Å². The van der Waals surface area contributed by atoms with E-state index in [1.54, 1.807) is 49.1 Å². The van der Waals surface area contributed by atoms with Gasteiger partial charge in [0.1, 0.15) is 34.6 Å². The number of nitriles is 1. The molecule has 0 atom stereocenters. The molecule has 0 radical (unpaired) electrons. The smallest absolute Gasteiger partial charge is 0.192 e. The van der Waals surface area contributed by atoms with E-state index in [4.69, 9.17) is 26.0 Å². The minimum Gasteiger partial charge on any atom is -0.457 e. The Labute approximate surface area is 354 Å². The van der Waals surface area contributed by atoms with E-state index in [-0.39, 0.29) is 0 Å². The molecule has 62 heavy (non-hydrogen) atoms. The van der Waals surface area contributed by atoms with E-state index in [1.807, 2.05) is 97.1 Å². The lowest BCUT2D eigenvalue weighted by Gasteiger charge is -2.11. The molecule has 0 bridgehead atoms. The topological polar surface area (TPSA) is 108 Å². The van der Waals surface area contributed by atoms with Crippen molar-refractivity contribution in [2.24, 2.45) is 0 Å². The Morgan fingerprint density at radius 1 is 0.468 bits per heavy atom. The monoisotopic (exact) mass is 798 g/mol. The van der Waals surface area contributed by atoms with Crippen molar-refractivity contribution in [2.45, 2.75) is 0 Å². The van der Waals surface area contributed by atoms with Crippen molar-refractivity contribution < 1.29 is 9.47 Å². The second kappa shape index (κ2) is 14.9. The van der Waals surface area contributed by atoms with Crippen LogP contribution in [0.1, 0.15) is 5.56 Å². The van der Waals surface area contributed by atoms with Crippen LogP contribution in [-0.4, -0.2) is 29.1 Å². The van der Waals surface area contributed by atoms with Gasteiger partial charge in [0.25, 0.3) is 0 Å². The van der Waals surface area contributed by atoms with Gasteiger partial charge in [-0.2, -0.15) is 5.26 Å². The van der Waals surface area contributed by atoms with Gasteiger partial charge in [0.05, 0.1) is 64.1 Å². The van der Waals surface area contributed by atoms with Crippen LogP contribution in [-0.2, 0) is 0 Å². The van der Waals surface area contributed by atoms with Crippen molar-refractivity contribution in [2.75, 3.05) is 0 Å². The van der Waals surface area contributed by atoms with Crippen LogP contribution in [0.15, 0.2) is 183 Å². The first-order valence-corrected chi connectivity index (χ1v) is 19.8.